The monoisotopic (exact) mass is 344 g/mol. The molecule has 0 radical (unpaired) electrons. The number of pyridine rings is 1. The molecule has 0 aliphatic rings. The van der Waals surface area contributed by atoms with Crippen LogP contribution in [0.25, 0.3) is 10.9 Å². The lowest BCUT2D eigenvalue weighted by Crippen LogP contribution is -2.19. The summed E-state index contributed by atoms with van der Waals surface area (Å²) in [5, 5.41) is 5.50. The van der Waals surface area contributed by atoms with Crippen molar-refractivity contribution in [1.29, 1.82) is 0 Å². The number of nitrogens with zero attached hydrogens (tertiary/aromatic N) is 3. The number of hydrogen-bond donors (Lipinski definition) is 1. The standard InChI is InChI=1S/C16H17BrN4/c1-10(2)21-16(13(17)9-20-21)15(18)12-5-6-14-11(8-12)4-3-7-19-14/h3-10,15H,18H2,1-2H3. The van der Waals surface area contributed by atoms with Crippen molar-refractivity contribution in [2.24, 2.45) is 5.73 Å². The highest BCUT2D eigenvalue weighted by atomic mass is 79.9. The van der Waals surface area contributed by atoms with Gasteiger partial charge in [-0.15, -0.1) is 0 Å². The van der Waals surface area contributed by atoms with Crippen LogP contribution in [0.15, 0.2) is 47.2 Å². The highest BCUT2D eigenvalue weighted by molar-refractivity contribution is 9.10. The van der Waals surface area contributed by atoms with Gasteiger partial charge in [0.15, 0.2) is 0 Å². The normalized spacial score (nSPS) is 13.0. The molecule has 0 aliphatic carbocycles. The van der Waals surface area contributed by atoms with Gasteiger partial charge in [0.05, 0.1) is 27.9 Å². The molecule has 0 bridgehead atoms. The minimum atomic E-state index is -0.228. The quantitative estimate of drug-likeness (QED) is 0.785. The number of hydrogen-bond acceptors (Lipinski definition) is 3. The number of rotatable bonds is 3. The van der Waals surface area contributed by atoms with Gasteiger partial charge < -0.3 is 5.73 Å². The van der Waals surface area contributed by atoms with Crippen LogP contribution in [0.1, 0.15) is 37.2 Å². The van der Waals surface area contributed by atoms with E-state index in [1.54, 1.807) is 12.4 Å². The molecular weight excluding hydrogens is 328 g/mol. The van der Waals surface area contributed by atoms with E-state index < -0.39 is 0 Å². The maximum absolute atomic E-state index is 6.48. The number of aromatic nitrogens is 3. The lowest BCUT2D eigenvalue weighted by molar-refractivity contribution is 0.498. The summed E-state index contributed by atoms with van der Waals surface area (Å²) in [7, 11) is 0. The first-order valence-corrected chi connectivity index (χ1v) is 7.70. The minimum Gasteiger partial charge on any atom is -0.319 e. The molecule has 5 heteroatoms. The van der Waals surface area contributed by atoms with Gasteiger partial charge in [0, 0.05) is 17.6 Å². The van der Waals surface area contributed by atoms with Gasteiger partial charge in [-0.3, -0.25) is 9.67 Å². The molecule has 1 unspecified atom stereocenters. The Morgan fingerprint density at radius 1 is 1.24 bits per heavy atom. The third kappa shape index (κ3) is 2.59. The Morgan fingerprint density at radius 2 is 2.05 bits per heavy atom. The summed E-state index contributed by atoms with van der Waals surface area (Å²) in [6, 6.07) is 10.2. The molecule has 1 atom stereocenters. The molecule has 0 aliphatic heterocycles. The Bertz CT molecular complexity index is 779. The lowest BCUT2D eigenvalue weighted by Gasteiger charge is -2.18. The predicted molar refractivity (Wildman–Crippen MR) is 88.1 cm³/mol. The minimum absolute atomic E-state index is 0.228. The van der Waals surface area contributed by atoms with E-state index in [1.807, 2.05) is 28.9 Å². The maximum Gasteiger partial charge on any atom is 0.0742 e. The van der Waals surface area contributed by atoms with Crippen LogP contribution in [0.3, 0.4) is 0 Å². The first-order valence-electron chi connectivity index (χ1n) is 6.91. The van der Waals surface area contributed by atoms with Crippen LogP contribution in [0.2, 0.25) is 0 Å². The number of halogens is 1. The molecule has 0 spiro atoms. The maximum atomic E-state index is 6.48. The third-order valence-electron chi connectivity index (χ3n) is 3.56. The Hall–Kier alpha value is -1.72. The molecule has 2 heterocycles. The van der Waals surface area contributed by atoms with Gasteiger partial charge in [-0.2, -0.15) is 5.10 Å². The van der Waals surface area contributed by atoms with Crippen LogP contribution in [0, 0.1) is 0 Å². The fourth-order valence-corrected chi connectivity index (χ4v) is 3.02. The van der Waals surface area contributed by atoms with Crippen molar-refractivity contribution in [1.82, 2.24) is 14.8 Å². The second-order valence-electron chi connectivity index (χ2n) is 5.35. The van der Waals surface area contributed by atoms with Gasteiger partial charge in [0.25, 0.3) is 0 Å². The van der Waals surface area contributed by atoms with E-state index in [1.165, 1.54) is 0 Å². The van der Waals surface area contributed by atoms with E-state index in [0.717, 1.165) is 26.6 Å². The fraction of sp³-hybridized carbons (Fsp3) is 0.250. The summed E-state index contributed by atoms with van der Waals surface area (Å²) in [6.45, 7) is 4.19. The molecule has 0 saturated carbocycles. The zero-order valence-corrected chi connectivity index (χ0v) is 13.6. The molecule has 3 aromatic rings. The molecule has 2 aromatic heterocycles. The van der Waals surface area contributed by atoms with Gasteiger partial charge in [-0.25, -0.2) is 0 Å². The smallest absolute Gasteiger partial charge is 0.0742 e. The van der Waals surface area contributed by atoms with E-state index in [9.17, 15) is 0 Å². The Kier molecular flexibility index (Phi) is 3.78. The Morgan fingerprint density at radius 3 is 2.81 bits per heavy atom. The van der Waals surface area contributed by atoms with Crippen molar-refractivity contribution < 1.29 is 0 Å². The van der Waals surface area contributed by atoms with Crippen molar-refractivity contribution in [3.05, 3.63) is 58.5 Å². The average molecular weight is 345 g/mol. The van der Waals surface area contributed by atoms with E-state index in [0.29, 0.717) is 0 Å². The molecule has 0 fully saturated rings. The van der Waals surface area contributed by atoms with E-state index in [4.69, 9.17) is 5.73 Å². The van der Waals surface area contributed by atoms with Crippen molar-refractivity contribution >= 4 is 26.8 Å². The van der Waals surface area contributed by atoms with Crippen molar-refractivity contribution in [2.75, 3.05) is 0 Å². The van der Waals surface area contributed by atoms with Crippen LogP contribution in [-0.2, 0) is 0 Å². The van der Waals surface area contributed by atoms with Crippen LogP contribution in [0.5, 0.6) is 0 Å². The number of nitrogens with two attached hydrogens (primary N) is 1. The van der Waals surface area contributed by atoms with E-state index in [2.05, 4.69) is 45.9 Å². The predicted octanol–water partition coefficient (Wildman–Crippen LogP) is 3.82. The second-order valence-corrected chi connectivity index (χ2v) is 6.20. The summed E-state index contributed by atoms with van der Waals surface area (Å²) >= 11 is 3.56. The largest absolute Gasteiger partial charge is 0.319 e. The van der Waals surface area contributed by atoms with Gasteiger partial charge in [0.1, 0.15) is 0 Å². The Balaban J connectivity index is 2.08. The third-order valence-corrected chi connectivity index (χ3v) is 4.17. The SMILES string of the molecule is CC(C)n1ncc(Br)c1C(N)c1ccc2ncccc2c1. The lowest BCUT2D eigenvalue weighted by atomic mass is 10.0. The molecular formula is C16H17BrN4. The van der Waals surface area contributed by atoms with E-state index >= 15 is 0 Å². The molecule has 0 saturated heterocycles. The summed E-state index contributed by atoms with van der Waals surface area (Å²) in [6.07, 6.45) is 3.60. The topological polar surface area (TPSA) is 56.7 Å². The molecule has 4 nitrogen and oxygen atoms in total. The van der Waals surface area contributed by atoms with E-state index in [-0.39, 0.29) is 12.1 Å². The van der Waals surface area contributed by atoms with Gasteiger partial charge in [-0.05, 0) is 53.5 Å². The zero-order valence-electron chi connectivity index (χ0n) is 12.0. The zero-order chi connectivity index (χ0) is 15.0. The summed E-state index contributed by atoms with van der Waals surface area (Å²) in [5.74, 6) is 0. The molecule has 1 aromatic carbocycles. The summed E-state index contributed by atoms with van der Waals surface area (Å²) in [5.41, 5.74) is 9.50. The molecule has 0 amide bonds. The molecule has 3 rings (SSSR count). The molecule has 108 valence electrons. The second kappa shape index (κ2) is 5.58. The van der Waals surface area contributed by atoms with Crippen molar-refractivity contribution in [2.45, 2.75) is 25.9 Å². The van der Waals surface area contributed by atoms with Crippen LogP contribution < -0.4 is 5.73 Å². The van der Waals surface area contributed by atoms with Crippen LogP contribution in [-0.4, -0.2) is 14.8 Å². The van der Waals surface area contributed by atoms with Crippen LogP contribution >= 0.6 is 15.9 Å². The van der Waals surface area contributed by atoms with Crippen LogP contribution in [0.4, 0.5) is 0 Å². The number of fused-ring (bicyclic) bond motifs is 1. The highest BCUT2D eigenvalue weighted by Gasteiger charge is 2.20. The van der Waals surface area contributed by atoms with Gasteiger partial charge in [-0.1, -0.05) is 12.1 Å². The molecule has 21 heavy (non-hydrogen) atoms. The average Bonchev–Trinajstić information content (AvgIpc) is 2.88. The molecule has 2 N–H and O–H groups in total. The highest BCUT2D eigenvalue weighted by Crippen LogP contribution is 2.30. The van der Waals surface area contributed by atoms with Crippen molar-refractivity contribution in [3.63, 3.8) is 0 Å². The van der Waals surface area contributed by atoms with Crippen molar-refractivity contribution in [3.8, 4) is 0 Å². The fourth-order valence-electron chi connectivity index (χ4n) is 2.50. The first kappa shape index (κ1) is 14.2. The summed E-state index contributed by atoms with van der Waals surface area (Å²) in [4.78, 5) is 4.34. The van der Waals surface area contributed by atoms with Gasteiger partial charge >= 0.3 is 0 Å². The number of benzene rings is 1. The van der Waals surface area contributed by atoms with Gasteiger partial charge in [0.2, 0.25) is 0 Å². The summed E-state index contributed by atoms with van der Waals surface area (Å²) < 4.78 is 2.90. The first-order chi connectivity index (χ1) is 10.1. The Labute approximate surface area is 132 Å².